The van der Waals surface area contributed by atoms with Gasteiger partial charge in [0, 0.05) is 5.41 Å². The molecule has 0 bridgehead atoms. The molecular formula is C14H17N5O. The van der Waals surface area contributed by atoms with Crippen molar-refractivity contribution in [3.8, 4) is 11.8 Å². The quantitative estimate of drug-likeness (QED) is 0.849. The van der Waals surface area contributed by atoms with E-state index in [1.54, 1.807) is 22.9 Å². The summed E-state index contributed by atoms with van der Waals surface area (Å²) in [6.07, 6.45) is 0. The molecule has 1 aromatic heterocycles. The predicted octanol–water partition coefficient (Wildman–Crippen LogP) is 1.92. The van der Waals surface area contributed by atoms with Gasteiger partial charge in [0.15, 0.2) is 5.82 Å². The van der Waals surface area contributed by atoms with E-state index < -0.39 is 0 Å². The van der Waals surface area contributed by atoms with Gasteiger partial charge in [0.2, 0.25) is 0 Å². The molecular weight excluding hydrogens is 254 g/mol. The van der Waals surface area contributed by atoms with Crippen molar-refractivity contribution in [2.24, 2.45) is 0 Å². The minimum Gasteiger partial charge on any atom is -0.492 e. The first-order valence-corrected chi connectivity index (χ1v) is 6.40. The summed E-state index contributed by atoms with van der Waals surface area (Å²) in [4.78, 5) is 0. The molecule has 0 unspecified atom stereocenters. The fraction of sp³-hybridized carbons (Fsp3) is 0.429. The molecule has 0 N–H and O–H groups in total. The number of ether oxygens (including phenoxy) is 1. The van der Waals surface area contributed by atoms with Crippen molar-refractivity contribution in [3.05, 3.63) is 35.7 Å². The summed E-state index contributed by atoms with van der Waals surface area (Å²) >= 11 is 0. The Hall–Kier alpha value is -2.42. The molecule has 0 saturated heterocycles. The standard InChI is InChI=1S/C14H17N5O/c1-14(2,3)13-16-17-18-19(13)7-8-20-12-6-4-5-11(9-12)10-15/h4-6,9H,7-8H2,1-3H3. The van der Waals surface area contributed by atoms with E-state index >= 15 is 0 Å². The van der Waals surface area contributed by atoms with E-state index in [0.29, 0.717) is 24.5 Å². The highest BCUT2D eigenvalue weighted by atomic mass is 16.5. The molecule has 0 saturated carbocycles. The first-order chi connectivity index (χ1) is 9.50. The first-order valence-electron chi connectivity index (χ1n) is 6.40. The normalized spacial score (nSPS) is 11.1. The Labute approximate surface area is 118 Å². The Bertz CT molecular complexity index is 621. The predicted molar refractivity (Wildman–Crippen MR) is 73.2 cm³/mol. The SMILES string of the molecule is CC(C)(C)c1nnnn1CCOc1cccc(C#N)c1. The molecule has 0 atom stereocenters. The van der Waals surface area contributed by atoms with Crippen LogP contribution in [0.2, 0.25) is 0 Å². The molecule has 0 aliphatic heterocycles. The Morgan fingerprint density at radius 3 is 2.85 bits per heavy atom. The number of rotatable bonds is 4. The molecule has 0 fully saturated rings. The molecule has 1 heterocycles. The third-order valence-electron chi connectivity index (χ3n) is 2.74. The third kappa shape index (κ3) is 3.32. The lowest BCUT2D eigenvalue weighted by atomic mass is 9.96. The van der Waals surface area contributed by atoms with Crippen LogP contribution in [0.5, 0.6) is 5.75 Å². The molecule has 0 aliphatic carbocycles. The van der Waals surface area contributed by atoms with Crippen LogP contribution in [-0.4, -0.2) is 26.8 Å². The van der Waals surface area contributed by atoms with Crippen molar-refractivity contribution < 1.29 is 4.74 Å². The summed E-state index contributed by atoms with van der Waals surface area (Å²) in [7, 11) is 0. The summed E-state index contributed by atoms with van der Waals surface area (Å²) in [6.45, 7) is 7.20. The minimum atomic E-state index is -0.107. The highest BCUT2D eigenvalue weighted by Gasteiger charge is 2.21. The van der Waals surface area contributed by atoms with Crippen LogP contribution < -0.4 is 4.74 Å². The number of aromatic nitrogens is 4. The van der Waals surface area contributed by atoms with E-state index in [0.717, 1.165) is 5.82 Å². The number of hydrogen-bond donors (Lipinski definition) is 0. The molecule has 6 heteroatoms. The van der Waals surface area contributed by atoms with Crippen LogP contribution in [0, 0.1) is 11.3 Å². The van der Waals surface area contributed by atoms with E-state index in [4.69, 9.17) is 10.00 Å². The average Bonchev–Trinajstić information content (AvgIpc) is 2.87. The van der Waals surface area contributed by atoms with Crippen molar-refractivity contribution in [1.82, 2.24) is 20.2 Å². The lowest BCUT2D eigenvalue weighted by Crippen LogP contribution is -2.22. The maximum absolute atomic E-state index is 8.83. The number of benzene rings is 1. The van der Waals surface area contributed by atoms with Gasteiger partial charge >= 0.3 is 0 Å². The van der Waals surface area contributed by atoms with Gasteiger partial charge in [-0.05, 0) is 28.6 Å². The Morgan fingerprint density at radius 2 is 2.15 bits per heavy atom. The van der Waals surface area contributed by atoms with E-state index in [9.17, 15) is 0 Å². The van der Waals surface area contributed by atoms with Crippen molar-refractivity contribution in [1.29, 1.82) is 5.26 Å². The molecule has 0 amide bonds. The lowest BCUT2D eigenvalue weighted by Gasteiger charge is -2.17. The molecule has 0 radical (unpaired) electrons. The van der Waals surface area contributed by atoms with Gasteiger partial charge in [-0.1, -0.05) is 26.8 Å². The minimum absolute atomic E-state index is 0.107. The molecule has 20 heavy (non-hydrogen) atoms. The van der Waals surface area contributed by atoms with Gasteiger partial charge in [-0.2, -0.15) is 5.26 Å². The molecule has 6 nitrogen and oxygen atoms in total. The van der Waals surface area contributed by atoms with Crippen LogP contribution in [0.1, 0.15) is 32.2 Å². The summed E-state index contributed by atoms with van der Waals surface area (Å²) in [5, 5.41) is 20.5. The maximum atomic E-state index is 8.83. The second-order valence-corrected chi connectivity index (χ2v) is 5.46. The zero-order chi connectivity index (χ0) is 14.6. The fourth-order valence-corrected chi connectivity index (χ4v) is 1.80. The van der Waals surface area contributed by atoms with E-state index in [2.05, 4.69) is 42.4 Å². The summed E-state index contributed by atoms with van der Waals surface area (Å²) in [6, 6.07) is 9.16. The molecule has 104 valence electrons. The first kappa shape index (κ1) is 14.0. The van der Waals surface area contributed by atoms with Crippen LogP contribution in [0.4, 0.5) is 0 Å². The van der Waals surface area contributed by atoms with Gasteiger partial charge < -0.3 is 4.74 Å². The van der Waals surface area contributed by atoms with Crippen LogP contribution in [-0.2, 0) is 12.0 Å². The molecule has 1 aromatic carbocycles. The Morgan fingerprint density at radius 1 is 1.35 bits per heavy atom. The largest absolute Gasteiger partial charge is 0.492 e. The number of nitriles is 1. The van der Waals surface area contributed by atoms with E-state index in [1.807, 2.05) is 6.07 Å². The Kier molecular flexibility index (Phi) is 3.99. The van der Waals surface area contributed by atoms with Crippen molar-refractivity contribution in [2.45, 2.75) is 32.7 Å². The smallest absolute Gasteiger partial charge is 0.156 e. The maximum Gasteiger partial charge on any atom is 0.156 e. The highest BCUT2D eigenvalue weighted by molar-refractivity contribution is 5.36. The van der Waals surface area contributed by atoms with Gasteiger partial charge in [0.25, 0.3) is 0 Å². The summed E-state index contributed by atoms with van der Waals surface area (Å²) in [5.41, 5.74) is 0.477. The second-order valence-electron chi connectivity index (χ2n) is 5.46. The number of nitrogens with zero attached hydrogens (tertiary/aromatic N) is 5. The highest BCUT2D eigenvalue weighted by Crippen LogP contribution is 2.18. The summed E-state index contributed by atoms with van der Waals surface area (Å²) in [5.74, 6) is 1.50. The van der Waals surface area contributed by atoms with Gasteiger partial charge in [0.05, 0.1) is 18.2 Å². The van der Waals surface area contributed by atoms with Crippen molar-refractivity contribution >= 4 is 0 Å². The number of hydrogen-bond acceptors (Lipinski definition) is 5. The topological polar surface area (TPSA) is 76.6 Å². The van der Waals surface area contributed by atoms with Crippen LogP contribution in [0.3, 0.4) is 0 Å². The van der Waals surface area contributed by atoms with Gasteiger partial charge in [-0.15, -0.1) is 5.10 Å². The fourth-order valence-electron chi connectivity index (χ4n) is 1.80. The number of tetrazole rings is 1. The lowest BCUT2D eigenvalue weighted by molar-refractivity contribution is 0.283. The van der Waals surface area contributed by atoms with Gasteiger partial charge in [-0.25, -0.2) is 4.68 Å². The molecule has 0 aliphatic rings. The van der Waals surface area contributed by atoms with Gasteiger partial charge in [-0.3, -0.25) is 0 Å². The zero-order valence-electron chi connectivity index (χ0n) is 11.9. The van der Waals surface area contributed by atoms with Crippen molar-refractivity contribution in [2.75, 3.05) is 6.61 Å². The monoisotopic (exact) mass is 271 g/mol. The molecule has 0 spiro atoms. The zero-order valence-corrected chi connectivity index (χ0v) is 11.9. The van der Waals surface area contributed by atoms with Crippen LogP contribution >= 0.6 is 0 Å². The van der Waals surface area contributed by atoms with Gasteiger partial charge in [0.1, 0.15) is 12.4 Å². The van der Waals surface area contributed by atoms with E-state index in [-0.39, 0.29) is 5.41 Å². The average molecular weight is 271 g/mol. The van der Waals surface area contributed by atoms with E-state index in [1.165, 1.54) is 0 Å². The van der Waals surface area contributed by atoms with Crippen LogP contribution in [0.15, 0.2) is 24.3 Å². The van der Waals surface area contributed by atoms with Crippen molar-refractivity contribution in [3.63, 3.8) is 0 Å². The third-order valence-corrected chi connectivity index (χ3v) is 2.74. The Balaban J connectivity index is 1.97. The second kappa shape index (κ2) is 5.70. The molecule has 2 aromatic rings. The molecule has 2 rings (SSSR count). The summed E-state index contributed by atoms with van der Waals surface area (Å²) < 4.78 is 7.37. The van der Waals surface area contributed by atoms with Crippen LogP contribution in [0.25, 0.3) is 0 Å².